The fourth-order valence-corrected chi connectivity index (χ4v) is 6.13. The van der Waals surface area contributed by atoms with Crippen LogP contribution in [-0.2, 0) is 38.9 Å². The second kappa shape index (κ2) is 9.22. The Balaban J connectivity index is 1.43. The summed E-state index contributed by atoms with van der Waals surface area (Å²) in [6, 6.07) is 24.6. The van der Waals surface area contributed by atoms with Crippen molar-refractivity contribution >= 4 is 26.9 Å². The van der Waals surface area contributed by atoms with E-state index in [9.17, 15) is 13.2 Å². The average molecular weight is 503 g/mol. The molecule has 3 aromatic carbocycles. The fourth-order valence-electron chi connectivity index (χ4n) is 4.87. The van der Waals surface area contributed by atoms with Crippen molar-refractivity contribution in [2.24, 2.45) is 0 Å². The number of aromatic nitrogens is 1. The van der Waals surface area contributed by atoms with Crippen molar-refractivity contribution < 1.29 is 17.9 Å². The molecular formula is C29H30N2O4S. The maximum Gasteiger partial charge on any atom is 0.326 e. The van der Waals surface area contributed by atoms with E-state index in [1.54, 1.807) is 30.3 Å². The number of hydrogen-bond acceptors (Lipinski definition) is 4. The lowest BCUT2D eigenvalue weighted by molar-refractivity contribution is -0.155. The van der Waals surface area contributed by atoms with Gasteiger partial charge in [0.2, 0.25) is 10.0 Å². The Morgan fingerprint density at radius 1 is 0.944 bits per heavy atom. The molecule has 0 bridgehead atoms. The van der Waals surface area contributed by atoms with Crippen LogP contribution < -0.4 is 4.72 Å². The Morgan fingerprint density at radius 3 is 2.39 bits per heavy atom. The Bertz CT molecular complexity index is 1530. The van der Waals surface area contributed by atoms with E-state index in [2.05, 4.69) is 22.9 Å². The molecule has 0 spiro atoms. The number of fused-ring (bicyclic) bond motifs is 2. The van der Waals surface area contributed by atoms with Crippen molar-refractivity contribution in [1.29, 1.82) is 0 Å². The molecule has 1 aliphatic rings. The van der Waals surface area contributed by atoms with Crippen molar-refractivity contribution in [3.05, 3.63) is 90.0 Å². The van der Waals surface area contributed by atoms with Crippen LogP contribution in [0.25, 0.3) is 22.2 Å². The molecule has 1 unspecified atom stereocenters. The van der Waals surface area contributed by atoms with Crippen molar-refractivity contribution in [2.75, 3.05) is 0 Å². The van der Waals surface area contributed by atoms with Crippen molar-refractivity contribution in [2.45, 2.75) is 56.7 Å². The number of carbonyl (C=O) groups excluding carboxylic acids is 1. The van der Waals surface area contributed by atoms with Crippen LogP contribution in [0.1, 0.15) is 31.9 Å². The topological polar surface area (TPSA) is 77.4 Å². The third-order valence-electron chi connectivity index (χ3n) is 6.33. The van der Waals surface area contributed by atoms with Gasteiger partial charge in [-0.15, -0.1) is 0 Å². The first kappa shape index (κ1) is 24.3. The van der Waals surface area contributed by atoms with E-state index in [0.29, 0.717) is 12.8 Å². The number of carbonyl (C=O) groups is 1. The zero-order valence-corrected chi connectivity index (χ0v) is 21.5. The van der Waals surface area contributed by atoms with Gasteiger partial charge in [0.05, 0.1) is 4.90 Å². The number of benzene rings is 3. The van der Waals surface area contributed by atoms with Gasteiger partial charge in [0.15, 0.2) is 0 Å². The summed E-state index contributed by atoms with van der Waals surface area (Å²) in [6.07, 6.45) is 1.25. The van der Waals surface area contributed by atoms with E-state index in [-0.39, 0.29) is 23.5 Å². The highest BCUT2D eigenvalue weighted by atomic mass is 32.2. The lowest BCUT2D eigenvalue weighted by atomic mass is 10.0. The summed E-state index contributed by atoms with van der Waals surface area (Å²) >= 11 is 0. The molecule has 0 radical (unpaired) electrons. The van der Waals surface area contributed by atoms with Gasteiger partial charge in [-0.25, -0.2) is 13.1 Å². The van der Waals surface area contributed by atoms with Gasteiger partial charge in [0.1, 0.15) is 12.1 Å². The highest BCUT2D eigenvalue weighted by Gasteiger charge is 2.27. The maximum atomic E-state index is 12.8. The predicted molar refractivity (Wildman–Crippen MR) is 141 cm³/mol. The smallest absolute Gasteiger partial charge is 0.326 e. The van der Waals surface area contributed by atoms with Crippen molar-refractivity contribution in [3.63, 3.8) is 0 Å². The van der Waals surface area contributed by atoms with Crippen LogP contribution in [0.4, 0.5) is 0 Å². The van der Waals surface area contributed by atoms with Crippen LogP contribution in [0, 0.1) is 0 Å². The van der Waals surface area contributed by atoms with Crippen LogP contribution in [0.15, 0.2) is 83.8 Å². The second-order valence-corrected chi connectivity index (χ2v) is 12.0. The van der Waals surface area contributed by atoms with E-state index >= 15 is 0 Å². The standard InChI is InChI=1S/C29H30N2O4S/c1-29(2,3)35-28(32)19-31-26-12-8-7-9-21(26)18-27(31)22-14-13-20-16-24(17-23(20)15-22)30-36(33,34)25-10-5-4-6-11-25/h4-15,18,24,30H,16-17,19H2,1-3H3. The molecule has 1 aromatic heterocycles. The molecular weight excluding hydrogens is 472 g/mol. The van der Waals surface area contributed by atoms with Crippen LogP contribution in [-0.4, -0.2) is 30.6 Å². The Kier molecular flexibility index (Phi) is 6.22. The summed E-state index contributed by atoms with van der Waals surface area (Å²) in [5.41, 5.74) is 4.57. The summed E-state index contributed by atoms with van der Waals surface area (Å²) < 4.78 is 36.1. The normalized spacial score (nSPS) is 15.7. The minimum Gasteiger partial charge on any atom is -0.459 e. The number of ether oxygens (including phenoxy) is 1. The molecule has 0 saturated carbocycles. The van der Waals surface area contributed by atoms with Crippen LogP contribution in [0.2, 0.25) is 0 Å². The van der Waals surface area contributed by atoms with Crippen molar-refractivity contribution in [1.82, 2.24) is 9.29 Å². The fraction of sp³-hybridized carbons (Fsp3) is 0.276. The number of nitrogens with zero attached hydrogens (tertiary/aromatic N) is 1. The number of para-hydroxylation sites is 1. The van der Waals surface area contributed by atoms with Crippen LogP contribution >= 0.6 is 0 Å². The molecule has 7 heteroatoms. The highest BCUT2D eigenvalue weighted by Crippen LogP contribution is 2.33. The number of esters is 1. The molecule has 1 aliphatic carbocycles. The van der Waals surface area contributed by atoms with Gasteiger partial charge in [-0.1, -0.05) is 48.5 Å². The number of rotatable bonds is 6. The molecule has 36 heavy (non-hydrogen) atoms. The highest BCUT2D eigenvalue weighted by molar-refractivity contribution is 7.89. The molecule has 1 N–H and O–H groups in total. The summed E-state index contributed by atoms with van der Waals surface area (Å²) in [5.74, 6) is -0.290. The SMILES string of the molecule is CC(C)(C)OC(=O)Cn1c(-c2ccc3c(c2)CC(NS(=O)(=O)c2ccccc2)C3)cc2ccccc21. The largest absolute Gasteiger partial charge is 0.459 e. The van der Waals surface area contributed by atoms with Gasteiger partial charge in [0, 0.05) is 22.6 Å². The van der Waals surface area contributed by atoms with Crippen molar-refractivity contribution in [3.8, 4) is 11.3 Å². The first-order valence-corrected chi connectivity index (χ1v) is 13.6. The van der Waals surface area contributed by atoms with Gasteiger partial charge in [0.25, 0.3) is 0 Å². The summed E-state index contributed by atoms with van der Waals surface area (Å²) in [6.45, 7) is 5.70. The average Bonchev–Trinajstić information content (AvgIpc) is 3.38. The van der Waals surface area contributed by atoms with Gasteiger partial charge in [-0.3, -0.25) is 4.79 Å². The number of nitrogens with one attached hydrogen (secondary N) is 1. The molecule has 1 heterocycles. The summed E-state index contributed by atoms with van der Waals surface area (Å²) in [5, 5.41) is 1.05. The lowest BCUT2D eigenvalue weighted by Gasteiger charge is -2.20. The van der Waals surface area contributed by atoms with Gasteiger partial charge >= 0.3 is 5.97 Å². The maximum absolute atomic E-state index is 12.8. The van der Waals surface area contributed by atoms with E-state index in [4.69, 9.17) is 4.74 Å². The van der Waals surface area contributed by atoms with Gasteiger partial charge < -0.3 is 9.30 Å². The molecule has 0 aliphatic heterocycles. The quantitative estimate of drug-likeness (QED) is 0.372. The third-order valence-corrected chi connectivity index (χ3v) is 7.86. The molecule has 0 amide bonds. The van der Waals surface area contributed by atoms with Gasteiger partial charge in [-0.05, 0) is 80.6 Å². The zero-order valence-electron chi connectivity index (χ0n) is 20.7. The number of sulfonamides is 1. The summed E-state index contributed by atoms with van der Waals surface area (Å²) in [7, 11) is -3.58. The zero-order chi connectivity index (χ0) is 25.5. The molecule has 4 aromatic rings. The van der Waals surface area contributed by atoms with E-state index in [0.717, 1.165) is 33.3 Å². The lowest BCUT2D eigenvalue weighted by Crippen LogP contribution is -2.35. The van der Waals surface area contributed by atoms with E-state index in [1.807, 2.05) is 55.7 Å². The molecule has 0 fully saturated rings. The Morgan fingerprint density at radius 2 is 1.64 bits per heavy atom. The Labute approximate surface area is 212 Å². The van der Waals surface area contributed by atoms with E-state index in [1.165, 1.54) is 0 Å². The first-order valence-electron chi connectivity index (χ1n) is 12.1. The first-order chi connectivity index (χ1) is 17.1. The molecule has 186 valence electrons. The minimum absolute atomic E-state index is 0.108. The van der Waals surface area contributed by atoms with Crippen LogP contribution in [0.5, 0.6) is 0 Å². The molecule has 0 saturated heterocycles. The predicted octanol–water partition coefficient (Wildman–Crippen LogP) is 5.10. The Hall–Kier alpha value is -3.42. The minimum atomic E-state index is -3.58. The molecule has 5 rings (SSSR count). The monoisotopic (exact) mass is 502 g/mol. The molecule has 6 nitrogen and oxygen atoms in total. The number of hydrogen-bond donors (Lipinski definition) is 1. The molecule has 1 atom stereocenters. The summed E-state index contributed by atoms with van der Waals surface area (Å²) in [4.78, 5) is 13.0. The van der Waals surface area contributed by atoms with Gasteiger partial charge in [-0.2, -0.15) is 0 Å². The van der Waals surface area contributed by atoms with E-state index < -0.39 is 15.6 Å². The van der Waals surface area contributed by atoms with Crippen LogP contribution in [0.3, 0.4) is 0 Å². The third kappa shape index (κ3) is 5.08. The second-order valence-electron chi connectivity index (χ2n) is 10.3.